The van der Waals surface area contributed by atoms with Crippen LogP contribution < -0.4 is 19.9 Å². The number of benzene rings is 2. The van der Waals surface area contributed by atoms with Crippen LogP contribution >= 0.6 is 0 Å². The fourth-order valence-corrected chi connectivity index (χ4v) is 4.84. The molecule has 37 heavy (non-hydrogen) atoms. The Morgan fingerprint density at radius 2 is 1.89 bits per heavy atom. The summed E-state index contributed by atoms with van der Waals surface area (Å²) in [6.07, 6.45) is 2.59. The van der Waals surface area contributed by atoms with E-state index in [0.717, 1.165) is 18.7 Å². The number of carbonyl (C=O) groups is 2. The molecule has 1 aromatic heterocycles. The van der Waals surface area contributed by atoms with Crippen LogP contribution in [0.25, 0.3) is 0 Å². The molecule has 10 nitrogen and oxygen atoms in total. The quantitative estimate of drug-likeness (QED) is 0.569. The molecule has 0 spiro atoms. The average molecular weight is 502 g/mol. The van der Waals surface area contributed by atoms with Gasteiger partial charge in [-0.1, -0.05) is 12.1 Å². The first kappa shape index (κ1) is 24.5. The third kappa shape index (κ3) is 4.44. The minimum Gasteiger partial charge on any atom is -0.495 e. The first-order chi connectivity index (χ1) is 17.8. The van der Waals surface area contributed by atoms with Gasteiger partial charge in [-0.05, 0) is 50.8 Å². The highest BCUT2D eigenvalue weighted by Gasteiger charge is 2.30. The maximum Gasteiger partial charge on any atom is 0.260 e. The number of amides is 2. The lowest BCUT2D eigenvalue weighted by Crippen LogP contribution is -2.34. The van der Waals surface area contributed by atoms with E-state index in [1.54, 1.807) is 49.5 Å². The third-order valence-electron chi connectivity index (χ3n) is 7.11. The zero-order valence-electron chi connectivity index (χ0n) is 21.7. The van der Waals surface area contributed by atoms with E-state index >= 15 is 0 Å². The van der Waals surface area contributed by atoms with Crippen molar-refractivity contribution < 1.29 is 14.3 Å². The van der Waals surface area contributed by atoms with Gasteiger partial charge >= 0.3 is 0 Å². The highest BCUT2D eigenvalue weighted by Crippen LogP contribution is 2.38. The second-order valence-electron chi connectivity index (χ2n) is 9.54. The van der Waals surface area contributed by atoms with E-state index in [1.807, 2.05) is 49.1 Å². The normalized spacial score (nSPS) is 17.0. The van der Waals surface area contributed by atoms with Gasteiger partial charge in [-0.3, -0.25) is 9.59 Å². The number of methoxy groups -OCH3 is 1. The molecular formula is C27H31N7O3. The number of ether oxygens (including phenoxy) is 1. The van der Waals surface area contributed by atoms with Crippen LogP contribution in [0, 0.1) is 0 Å². The molecule has 0 radical (unpaired) electrons. The summed E-state index contributed by atoms with van der Waals surface area (Å²) in [4.78, 5) is 42.8. The minimum absolute atomic E-state index is 0.0107. The molecular weight excluding hydrogens is 470 g/mol. The van der Waals surface area contributed by atoms with E-state index in [2.05, 4.69) is 15.2 Å². The molecule has 2 aliphatic rings. The molecule has 2 amide bonds. The number of likely N-dealkylation sites (tertiary alicyclic amines) is 1. The number of hydrogen-bond acceptors (Lipinski definition) is 8. The molecule has 1 N–H and O–H groups in total. The molecule has 0 bridgehead atoms. The van der Waals surface area contributed by atoms with Gasteiger partial charge in [0.05, 0.1) is 30.2 Å². The van der Waals surface area contributed by atoms with Crippen LogP contribution in [0.3, 0.4) is 0 Å². The number of anilines is 5. The van der Waals surface area contributed by atoms with Crippen LogP contribution in [-0.4, -0.2) is 86.0 Å². The van der Waals surface area contributed by atoms with Crippen molar-refractivity contribution in [1.82, 2.24) is 19.8 Å². The van der Waals surface area contributed by atoms with Crippen LogP contribution in [0.1, 0.15) is 27.1 Å². The maximum atomic E-state index is 13.1. The maximum absolute atomic E-state index is 13.1. The summed E-state index contributed by atoms with van der Waals surface area (Å²) in [6, 6.07) is 13.1. The minimum atomic E-state index is -0.123. The molecule has 3 aromatic rings. The number of nitrogens with one attached hydrogen (secondary N) is 1. The number of carbonyl (C=O) groups excluding carboxylic acids is 2. The van der Waals surface area contributed by atoms with Crippen LogP contribution in [0.5, 0.6) is 5.75 Å². The zero-order valence-corrected chi connectivity index (χ0v) is 21.7. The monoisotopic (exact) mass is 501 g/mol. The Hall–Kier alpha value is -4.18. The van der Waals surface area contributed by atoms with Gasteiger partial charge in [0.15, 0.2) is 5.82 Å². The van der Waals surface area contributed by atoms with Gasteiger partial charge in [0.1, 0.15) is 11.4 Å². The fourth-order valence-electron chi connectivity index (χ4n) is 4.84. The topological polar surface area (TPSA) is 94.1 Å². The Morgan fingerprint density at radius 1 is 1.11 bits per heavy atom. The van der Waals surface area contributed by atoms with Gasteiger partial charge in [-0.2, -0.15) is 4.98 Å². The molecule has 1 atom stereocenters. The van der Waals surface area contributed by atoms with Crippen LogP contribution in [0.4, 0.5) is 28.8 Å². The van der Waals surface area contributed by atoms with Gasteiger partial charge in [0.2, 0.25) is 5.95 Å². The number of likely N-dealkylation sites (N-methyl/N-ethyl adjacent to an activating group) is 1. The molecule has 2 aromatic carbocycles. The van der Waals surface area contributed by atoms with Crippen LogP contribution in [-0.2, 0) is 0 Å². The molecule has 2 aliphatic heterocycles. The summed E-state index contributed by atoms with van der Waals surface area (Å²) >= 11 is 0. The third-order valence-corrected chi connectivity index (χ3v) is 7.11. The van der Waals surface area contributed by atoms with Gasteiger partial charge < -0.3 is 29.7 Å². The largest absolute Gasteiger partial charge is 0.495 e. The van der Waals surface area contributed by atoms with Crippen molar-refractivity contribution in [2.75, 3.05) is 63.5 Å². The number of fused-ring (bicyclic) bond motifs is 2. The summed E-state index contributed by atoms with van der Waals surface area (Å²) in [5.74, 6) is 1.31. The van der Waals surface area contributed by atoms with Gasteiger partial charge in [0, 0.05) is 38.8 Å². The second kappa shape index (κ2) is 9.70. The number of para-hydroxylation sites is 1. The average Bonchev–Trinajstić information content (AvgIpc) is 3.40. The van der Waals surface area contributed by atoms with E-state index in [1.165, 1.54) is 0 Å². The van der Waals surface area contributed by atoms with Gasteiger partial charge in [-0.15, -0.1) is 0 Å². The van der Waals surface area contributed by atoms with Crippen molar-refractivity contribution in [2.45, 2.75) is 12.5 Å². The molecule has 5 rings (SSSR count). The summed E-state index contributed by atoms with van der Waals surface area (Å²) < 4.78 is 5.60. The second-order valence-corrected chi connectivity index (χ2v) is 9.54. The smallest absolute Gasteiger partial charge is 0.260 e. The molecule has 1 unspecified atom stereocenters. The SMILES string of the molecule is COc1cc(C(=O)N2CCC(N(C)C)C2)ccc1Nc1ncc2c(n1)N(C)c1ccccc1C(=O)N2C. The van der Waals surface area contributed by atoms with Crippen molar-refractivity contribution in [3.05, 3.63) is 59.8 Å². The van der Waals surface area contributed by atoms with Gasteiger partial charge in [0.25, 0.3) is 11.8 Å². The van der Waals surface area contributed by atoms with Crippen molar-refractivity contribution in [3.8, 4) is 5.75 Å². The van der Waals surface area contributed by atoms with E-state index in [-0.39, 0.29) is 11.8 Å². The summed E-state index contributed by atoms with van der Waals surface area (Å²) in [5, 5.41) is 3.21. The molecule has 0 saturated carbocycles. The Bertz CT molecular complexity index is 1360. The van der Waals surface area contributed by atoms with Crippen molar-refractivity contribution in [2.24, 2.45) is 0 Å². The Balaban J connectivity index is 1.41. The predicted molar refractivity (Wildman–Crippen MR) is 144 cm³/mol. The molecule has 10 heteroatoms. The number of nitrogens with zero attached hydrogens (tertiary/aromatic N) is 6. The lowest BCUT2D eigenvalue weighted by Gasteiger charge is -2.22. The van der Waals surface area contributed by atoms with E-state index in [4.69, 9.17) is 9.72 Å². The first-order valence-electron chi connectivity index (χ1n) is 12.2. The Labute approximate surface area is 216 Å². The summed E-state index contributed by atoms with van der Waals surface area (Å²) in [7, 11) is 9.24. The number of rotatable bonds is 5. The van der Waals surface area contributed by atoms with Crippen molar-refractivity contribution in [3.63, 3.8) is 0 Å². The Morgan fingerprint density at radius 3 is 2.62 bits per heavy atom. The molecule has 1 saturated heterocycles. The Kier molecular flexibility index (Phi) is 6.43. The van der Waals surface area contributed by atoms with Crippen LogP contribution in [0.2, 0.25) is 0 Å². The summed E-state index contributed by atoms with van der Waals surface area (Å²) in [6.45, 7) is 1.45. The zero-order chi connectivity index (χ0) is 26.3. The highest BCUT2D eigenvalue weighted by atomic mass is 16.5. The lowest BCUT2D eigenvalue weighted by atomic mass is 10.1. The standard InChI is InChI=1S/C27H31N7O3/c1-31(2)18-12-13-34(16-18)25(35)17-10-11-20(23(14-17)37-5)29-27-28-15-22-24(30-27)32(3)21-9-7-6-8-19(21)26(36)33(22)4/h6-11,14-15,18H,12-13,16H2,1-5H3,(H,28,29,30). The van der Waals surface area contributed by atoms with Crippen molar-refractivity contribution in [1.29, 1.82) is 0 Å². The molecule has 0 aliphatic carbocycles. The van der Waals surface area contributed by atoms with Crippen LogP contribution in [0.15, 0.2) is 48.7 Å². The summed E-state index contributed by atoms with van der Waals surface area (Å²) in [5.41, 5.74) is 3.16. The molecule has 192 valence electrons. The first-order valence-corrected chi connectivity index (χ1v) is 12.2. The molecule has 3 heterocycles. The number of aromatic nitrogens is 2. The lowest BCUT2D eigenvalue weighted by molar-refractivity contribution is 0.0782. The molecule has 1 fully saturated rings. The van der Waals surface area contributed by atoms with Crippen molar-refractivity contribution >= 4 is 40.6 Å². The fraction of sp³-hybridized carbons (Fsp3) is 0.333. The van der Waals surface area contributed by atoms with E-state index < -0.39 is 0 Å². The van der Waals surface area contributed by atoms with E-state index in [0.29, 0.717) is 52.6 Å². The van der Waals surface area contributed by atoms with Gasteiger partial charge in [-0.25, -0.2) is 4.98 Å². The number of hydrogen-bond donors (Lipinski definition) is 1. The van der Waals surface area contributed by atoms with E-state index in [9.17, 15) is 9.59 Å². The highest BCUT2D eigenvalue weighted by molar-refractivity contribution is 6.13. The predicted octanol–water partition coefficient (Wildman–Crippen LogP) is 3.36.